The van der Waals surface area contributed by atoms with Crippen LogP contribution in [0.1, 0.15) is 107 Å². The molecule has 3 atom stereocenters. The summed E-state index contributed by atoms with van der Waals surface area (Å²) in [5.74, 6) is 0.129. The van der Waals surface area contributed by atoms with Gasteiger partial charge in [-0.3, -0.25) is 24.5 Å². The van der Waals surface area contributed by atoms with E-state index in [1.165, 1.54) is 17.8 Å². The second-order valence-corrected chi connectivity index (χ2v) is 21.4. The number of carboxylic acids is 1. The van der Waals surface area contributed by atoms with Crippen LogP contribution in [0.2, 0.25) is 0 Å². The van der Waals surface area contributed by atoms with Crippen LogP contribution in [0, 0.1) is 12.8 Å². The molecule has 3 aromatic heterocycles. The molecule has 2 amide bonds. The summed E-state index contributed by atoms with van der Waals surface area (Å²) >= 11 is 1.44. The number of aryl methyl sites for hydroxylation is 1. The molecule has 4 aliphatic rings. The normalized spacial score (nSPS) is 21.0. The molecule has 7 aromatic rings. The number of para-hydroxylation sites is 2. The number of carbonyl (C=O) groups is 3. The number of aliphatic hydroxyl groups is 1. The maximum Gasteiger partial charge on any atom is 0.355 e. The first-order valence-corrected chi connectivity index (χ1v) is 26.7. The van der Waals surface area contributed by atoms with Crippen LogP contribution in [0.25, 0.3) is 32.2 Å². The fourth-order valence-electron chi connectivity index (χ4n) is 11.8. The van der Waals surface area contributed by atoms with Gasteiger partial charge in [0.1, 0.15) is 17.8 Å². The van der Waals surface area contributed by atoms with E-state index in [-0.39, 0.29) is 29.5 Å². The van der Waals surface area contributed by atoms with Crippen molar-refractivity contribution in [2.24, 2.45) is 13.0 Å². The minimum absolute atomic E-state index is 0.0198. The maximum atomic E-state index is 13.7. The standard InChI is InChI=1S/C57H63N9O6S/c1-34(64-29-31-65(32-30-64)46-14-7-12-42-51(62-63(3)53(42)46)43-24-26-50(67)60-55(43)69)17-18-36-19-21-38(22-20-36)72-47-15-8-10-39(35(47)2)40-23-25-49(59-52(40)56(70)71)66-28-27-37-9-6-11-41(44(37)33-66)54(68)61-57-58-45-13-4-5-16-48(45)73-57/h4-16,23,25,34,36,38,43,50,67H,17-22,24,26-33H2,1-3H3,(H,60,69)(H,70,71)(H,58,61,68)/t34-,36-,38-,43?,50?/m0/s1. The molecule has 11 rings (SSSR count). The molecule has 378 valence electrons. The third-order valence-corrected chi connectivity index (χ3v) is 16.9. The van der Waals surface area contributed by atoms with Gasteiger partial charge < -0.3 is 30.1 Å². The molecule has 15 nitrogen and oxygen atoms in total. The molecule has 0 spiro atoms. The second-order valence-electron chi connectivity index (χ2n) is 20.4. The van der Waals surface area contributed by atoms with E-state index in [0.717, 1.165) is 119 Å². The SMILES string of the molecule is Cc1c(O[C@H]2CC[C@H](CC[C@H](C)N3CCN(c4cccc5c(C6CCC(O)NC6=O)nn(C)c45)CC3)CC2)cccc1-c1ccc(N2CCc3cccc(C(=O)Nc4nc5ccccc5s4)c3C2)nc1C(=O)O. The lowest BCUT2D eigenvalue weighted by Crippen LogP contribution is -2.49. The zero-order chi connectivity index (χ0) is 50.3. The second kappa shape index (κ2) is 20.6. The van der Waals surface area contributed by atoms with Crippen molar-refractivity contribution >= 4 is 66.9 Å². The van der Waals surface area contributed by atoms with Gasteiger partial charge in [0.05, 0.1) is 39.1 Å². The monoisotopic (exact) mass is 1000 g/mol. The van der Waals surface area contributed by atoms with Crippen LogP contribution in [0.4, 0.5) is 16.6 Å². The Morgan fingerprint density at radius 2 is 1.66 bits per heavy atom. The summed E-state index contributed by atoms with van der Waals surface area (Å²) in [5.41, 5.74) is 8.59. The first kappa shape index (κ1) is 48.4. The number of hydrogen-bond donors (Lipinski definition) is 4. The number of thiazole rings is 1. The number of piperazine rings is 1. The van der Waals surface area contributed by atoms with E-state index in [2.05, 4.69) is 61.5 Å². The van der Waals surface area contributed by atoms with Crippen molar-refractivity contribution in [3.05, 3.63) is 125 Å². The van der Waals surface area contributed by atoms with Gasteiger partial charge in [-0.15, -0.1) is 0 Å². The molecule has 0 radical (unpaired) electrons. The van der Waals surface area contributed by atoms with Crippen LogP contribution in [0.15, 0.2) is 91.0 Å². The number of carboxylic acid groups (broad SMARTS) is 1. The van der Waals surface area contributed by atoms with Crippen LogP contribution in [0.5, 0.6) is 5.75 Å². The smallest absolute Gasteiger partial charge is 0.355 e. The molecule has 16 heteroatoms. The molecule has 3 fully saturated rings. The van der Waals surface area contributed by atoms with E-state index in [1.54, 1.807) is 0 Å². The van der Waals surface area contributed by atoms with Gasteiger partial charge in [-0.05, 0) is 142 Å². The lowest BCUT2D eigenvalue weighted by atomic mass is 9.83. The highest BCUT2D eigenvalue weighted by atomic mass is 32.1. The Balaban J connectivity index is 0.680. The molecular weight excluding hydrogens is 939 g/mol. The number of aliphatic hydroxyl groups excluding tert-OH is 1. The molecule has 6 heterocycles. The quantitative estimate of drug-likeness (QED) is 0.0862. The number of nitrogens with zero attached hydrogens (tertiary/aromatic N) is 7. The van der Waals surface area contributed by atoms with Crippen molar-refractivity contribution in [1.29, 1.82) is 0 Å². The minimum atomic E-state index is -1.10. The predicted molar refractivity (Wildman–Crippen MR) is 286 cm³/mol. The lowest BCUT2D eigenvalue weighted by Gasteiger charge is -2.40. The summed E-state index contributed by atoms with van der Waals surface area (Å²) in [5, 5.41) is 32.6. The third-order valence-electron chi connectivity index (χ3n) is 15.9. The fraction of sp³-hybridized carbons (Fsp3) is 0.404. The van der Waals surface area contributed by atoms with Gasteiger partial charge in [0.2, 0.25) is 5.91 Å². The number of carbonyl (C=O) groups excluding carboxylic acids is 2. The lowest BCUT2D eigenvalue weighted by molar-refractivity contribution is -0.128. The number of pyridine rings is 1. The first-order valence-electron chi connectivity index (χ1n) is 25.9. The predicted octanol–water partition coefficient (Wildman–Crippen LogP) is 9.31. The van der Waals surface area contributed by atoms with E-state index in [9.17, 15) is 24.6 Å². The van der Waals surface area contributed by atoms with E-state index < -0.39 is 12.2 Å². The van der Waals surface area contributed by atoms with Gasteiger partial charge in [-0.25, -0.2) is 14.8 Å². The van der Waals surface area contributed by atoms with Crippen LogP contribution in [0.3, 0.4) is 0 Å². The third kappa shape index (κ3) is 9.87. The van der Waals surface area contributed by atoms with Gasteiger partial charge in [0.25, 0.3) is 5.91 Å². The number of anilines is 3. The number of nitrogens with one attached hydrogen (secondary N) is 2. The number of hydrogen-bond acceptors (Lipinski definition) is 12. The molecule has 2 saturated heterocycles. The zero-order valence-corrected chi connectivity index (χ0v) is 42.5. The molecule has 4 N–H and O–H groups in total. The molecule has 3 aliphatic heterocycles. The number of rotatable bonds is 13. The minimum Gasteiger partial charge on any atom is -0.490 e. The van der Waals surface area contributed by atoms with Crippen molar-refractivity contribution in [3.63, 3.8) is 0 Å². The van der Waals surface area contributed by atoms with Gasteiger partial charge in [-0.2, -0.15) is 5.10 Å². The van der Waals surface area contributed by atoms with Crippen molar-refractivity contribution in [2.45, 2.75) is 102 Å². The van der Waals surface area contributed by atoms with Gasteiger partial charge >= 0.3 is 5.97 Å². The molecule has 73 heavy (non-hydrogen) atoms. The number of aromatic nitrogens is 4. The van der Waals surface area contributed by atoms with E-state index in [1.807, 2.05) is 85.4 Å². The van der Waals surface area contributed by atoms with Gasteiger partial charge in [0, 0.05) is 68.9 Å². The van der Waals surface area contributed by atoms with Gasteiger partial charge in [0.15, 0.2) is 10.8 Å². The highest BCUT2D eigenvalue weighted by Crippen LogP contribution is 2.39. The van der Waals surface area contributed by atoms with Crippen LogP contribution < -0.4 is 25.2 Å². The molecule has 1 saturated carbocycles. The van der Waals surface area contributed by atoms with Crippen LogP contribution in [-0.4, -0.2) is 104 Å². The zero-order valence-electron chi connectivity index (χ0n) is 41.7. The average Bonchev–Trinajstić information content (AvgIpc) is 3.98. The van der Waals surface area contributed by atoms with Crippen LogP contribution in [-0.2, 0) is 24.8 Å². The van der Waals surface area contributed by atoms with E-state index >= 15 is 0 Å². The summed E-state index contributed by atoms with van der Waals surface area (Å²) in [6.07, 6.45) is 7.65. The maximum absolute atomic E-state index is 13.7. The number of piperidine rings is 1. The number of fused-ring (bicyclic) bond motifs is 3. The number of ether oxygens (including phenoxy) is 1. The van der Waals surface area contributed by atoms with Crippen molar-refractivity contribution in [3.8, 4) is 16.9 Å². The number of amides is 2. The molecule has 4 aromatic carbocycles. The largest absolute Gasteiger partial charge is 0.490 e. The number of benzene rings is 4. The summed E-state index contributed by atoms with van der Waals surface area (Å²) < 4.78 is 9.64. The highest BCUT2D eigenvalue weighted by Gasteiger charge is 2.34. The fourth-order valence-corrected chi connectivity index (χ4v) is 12.7. The average molecular weight is 1000 g/mol. The number of aromatic carboxylic acids is 1. The summed E-state index contributed by atoms with van der Waals surface area (Å²) in [4.78, 5) is 55.9. The van der Waals surface area contributed by atoms with Crippen molar-refractivity contribution < 1.29 is 29.3 Å². The van der Waals surface area contributed by atoms with Crippen LogP contribution >= 0.6 is 11.3 Å². The Labute approximate surface area is 429 Å². The summed E-state index contributed by atoms with van der Waals surface area (Å²) in [6.45, 7) is 9.24. The highest BCUT2D eigenvalue weighted by molar-refractivity contribution is 7.22. The Morgan fingerprint density at radius 3 is 2.45 bits per heavy atom. The Kier molecular flexibility index (Phi) is 13.6. The molecule has 1 aliphatic carbocycles. The Morgan fingerprint density at radius 1 is 0.863 bits per heavy atom. The van der Waals surface area contributed by atoms with Gasteiger partial charge in [-0.1, -0.05) is 59.9 Å². The summed E-state index contributed by atoms with van der Waals surface area (Å²) in [7, 11) is 1.96. The van der Waals surface area contributed by atoms with Crippen molar-refractivity contribution in [2.75, 3.05) is 47.8 Å². The first-order chi connectivity index (χ1) is 35.4. The van der Waals surface area contributed by atoms with E-state index in [4.69, 9.17) is 14.8 Å². The molecule has 0 bridgehead atoms. The Hall–Kier alpha value is -6.88. The topological polar surface area (TPSA) is 178 Å². The molecular formula is C57H63N9O6S. The Bertz CT molecular complexity index is 3180. The molecule has 2 unspecified atom stereocenters. The van der Waals surface area contributed by atoms with E-state index in [0.29, 0.717) is 66.4 Å². The van der Waals surface area contributed by atoms with Crippen molar-refractivity contribution in [1.82, 2.24) is 30.0 Å². The summed E-state index contributed by atoms with van der Waals surface area (Å²) in [6, 6.07) is 30.0.